The summed E-state index contributed by atoms with van der Waals surface area (Å²) in [5.74, 6) is -1.33. The van der Waals surface area contributed by atoms with Crippen molar-refractivity contribution in [2.75, 3.05) is 6.54 Å². The molecule has 2 atom stereocenters. The predicted octanol–water partition coefficient (Wildman–Crippen LogP) is 1.88. The number of carboxylic acids is 1. The summed E-state index contributed by atoms with van der Waals surface area (Å²) in [5.41, 5.74) is 6.05. The van der Waals surface area contributed by atoms with Gasteiger partial charge in [-0.05, 0) is 37.0 Å². The van der Waals surface area contributed by atoms with E-state index < -0.39 is 17.4 Å². The van der Waals surface area contributed by atoms with Crippen LogP contribution in [0.5, 0.6) is 0 Å². The van der Waals surface area contributed by atoms with E-state index in [1.807, 2.05) is 0 Å². The Hall–Kier alpha value is -1.99. The maximum absolute atomic E-state index is 13.0. The van der Waals surface area contributed by atoms with Crippen LogP contribution in [-0.4, -0.2) is 29.6 Å². The Balaban J connectivity index is 1.55. The summed E-state index contributed by atoms with van der Waals surface area (Å²) in [6.07, 6.45) is 4.57. The lowest BCUT2D eigenvalue weighted by Crippen LogP contribution is -2.49. The van der Waals surface area contributed by atoms with Crippen molar-refractivity contribution in [2.45, 2.75) is 50.6 Å². The molecule has 6 nitrogen and oxygen atoms in total. The van der Waals surface area contributed by atoms with E-state index in [-0.39, 0.29) is 24.3 Å². The maximum atomic E-state index is 13.0. The molecule has 2 fully saturated rings. The van der Waals surface area contributed by atoms with E-state index in [1.165, 1.54) is 12.1 Å². The number of halogens is 1. The van der Waals surface area contributed by atoms with Crippen LogP contribution in [0.15, 0.2) is 24.3 Å². The summed E-state index contributed by atoms with van der Waals surface area (Å²) in [6.45, 7) is 0.167. The van der Waals surface area contributed by atoms with E-state index in [9.17, 15) is 19.1 Å². The fraction of sp³-hybridized carbons (Fsp3) is 0.556. The number of carbonyl (C=O) groups excluding carboxylic acids is 1. The Morgan fingerprint density at radius 2 is 1.84 bits per heavy atom. The van der Waals surface area contributed by atoms with E-state index in [1.54, 1.807) is 12.1 Å². The van der Waals surface area contributed by atoms with Crippen molar-refractivity contribution in [1.82, 2.24) is 16.2 Å². The van der Waals surface area contributed by atoms with Crippen molar-refractivity contribution >= 4 is 11.9 Å². The van der Waals surface area contributed by atoms with Crippen molar-refractivity contribution in [3.05, 3.63) is 35.6 Å². The largest absolute Gasteiger partial charge is 0.481 e. The molecular formula is C18H24FN3O3. The minimum Gasteiger partial charge on any atom is -0.481 e. The molecule has 25 heavy (non-hydrogen) atoms. The molecule has 1 aliphatic heterocycles. The molecule has 2 aliphatic rings. The molecule has 1 amide bonds. The minimum absolute atomic E-state index is 0.0838. The van der Waals surface area contributed by atoms with Gasteiger partial charge in [-0.25, -0.2) is 15.2 Å². The lowest BCUT2D eigenvalue weighted by atomic mass is 9.74. The summed E-state index contributed by atoms with van der Waals surface area (Å²) in [4.78, 5) is 24.1. The molecule has 3 rings (SSSR count). The number of carbonyl (C=O) groups is 2. The quantitative estimate of drug-likeness (QED) is 0.652. The summed E-state index contributed by atoms with van der Waals surface area (Å²) in [6, 6.07) is 5.64. The van der Waals surface area contributed by atoms with Gasteiger partial charge in [-0.15, -0.1) is 0 Å². The summed E-state index contributed by atoms with van der Waals surface area (Å²) in [7, 11) is 0. The molecule has 0 aromatic heterocycles. The van der Waals surface area contributed by atoms with Crippen molar-refractivity contribution in [2.24, 2.45) is 5.41 Å². The van der Waals surface area contributed by atoms with Crippen molar-refractivity contribution < 1.29 is 19.1 Å². The van der Waals surface area contributed by atoms with Crippen LogP contribution in [0.2, 0.25) is 0 Å². The van der Waals surface area contributed by atoms with E-state index in [0.29, 0.717) is 19.3 Å². The third-order valence-corrected chi connectivity index (χ3v) is 5.36. The first kappa shape index (κ1) is 17.8. The standard InChI is InChI=1S/C18H24FN3O3/c19-13-6-4-12(5-7-13)14-10-15(22-21-14)16(23)20-11-18(17(24)25)8-2-1-3-9-18/h4-7,14-15,21-22H,1-3,8-11H2,(H,20,23)(H,24,25). The number of aliphatic carboxylic acids is 1. The lowest BCUT2D eigenvalue weighted by Gasteiger charge is -2.33. The Kier molecular flexibility index (Phi) is 5.34. The SMILES string of the molecule is O=C(NCC1(C(=O)O)CCCCC1)C1CC(c2ccc(F)cc2)NN1. The fourth-order valence-electron chi connectivity index (χ4n) is 3.72. The smallest absolute Gasteiger partial charge is 0.311 e. The van der Waals surface area contributed by atoms with Crippen LogP contribution in [0.25, 0.3) is 0 Å². The van der Waals surface area contributed by atoms with Crippen LogP contribution in [0.4, 0.5) is 4.39 Å². The molecule has 0 spiro atoms. The van der Waals surface area contributed by atoms with E-state index in [4.69, 9.17) is 0 Å². The topological polar surface area (TPSA) is 90.5 Å². The van der Waals surface area contributed by atoms with E-state index in [0.717, 1.165) is 24.8 Å². The summed E-state index contributed by atoms with van der Waals surface area (Å²) >= 11 is 0. The average molecular weight is 349 g/mol. The molecule has 1 aliphatic carbocycles. The van der Waals surface area contributed by atoms with Crippen molar-refractivity contribution in [3.8, 4) is 0 Å². The first-order chi connectivity index (χ1) is 12.0. The Morgan fingerprint density at radius 1 is 1.16 bits per heavy atom. The monoisotopic (exact) mass is 349 g/mol. The van der Waals surface area contributed by atoms with E-state index in [2.05, 4.69) is 16.2 Å². The number of amides is 1. The molecule has 7 heteroatoms. The second-order valence-corrected chi connectivity index (χ2v) is 7.05. The number of rotatable bonds is 5. The highest BCUT2D eigenvalue weighted by Gasteiger charge is 2.40. The Labute approximate surface area is 146 Å². The molecule has 1 aromatic carbocycles. The van der Waals surface area contributed by atoms with Crippen LogP contribution >= 0.6 is 0 Å². The minimum atomic E-state index is -0.837. The zero-order valence-electron chi connectivity index (χ0n) is 14.1. The van der Waals surface area contributed by atoms with Gasteiger partial charge in [0, 0.05) is 12.6 Å². The highest BCUT2D eigenvalue weighted by Crippen LogP contribution is 2.36. The number of carboxylic acid groups (broad SMARTS) is 1. The molecule has 0 radical (unpaired) electrons. The van der Waals surface area contributed by atoms with E-state index >= 15 is 0 Å². The number of hydrazine groups is 1. The number of nitrogens with one attached hydrogen (secondary N) is 3. The van der Waals surface area contributed by atoms with Crippen LogP contribution in [0, 0.1) is 11.2 Å². The van der Waals surface area contributed by atoms with Gasteiger partial charge in [-0.3, -0.25) is 9.59 Å². The maximum Gasteiger partial charge on any atom is 0.311 e. The summed E-state index contributed by atoms with van der Waals surface area (Å²) in [5, 5.41) is 12.4. The third kappa shape index (κ3) is 3.99. The highest BCUT2D eigenvalue weighted by atomic mass is 19.1. The molecular weight excluding hydrogens is 325 g/mol. The van der Waals surface area contributed by atoms with Crippen LogP contribution < -0.4 is 16.2 Å². The third-order valence-electron chi connectivity index (χ3n) is 5.36. The lowest BCUT2D eigenvalue weighted by molar-refractivity contribution is -0.151. The van der Waals surface area contributed by atoms with Crippen LogP contribution in [-0.2, 0) is 9.59 Å². The number of hydrogen-bond acceptors (Lipinski definition) is 4. The number of hydrogen-bond donors (Lipinski definition) is 4. The van der Waals surface area contributed by atoms with Gasteiger partial charge in [0.05, 0.1) is 5.41 Å². The molecule has 1 saturated carbocycles. The van der Waals surface area contributed by atoms with Crippen molar-refractivity contribution in [3.63, 3.8) is 0 Å². The predicted molar refractivity (Wildman–Crippen MR) is 90.0 cm³/mol. The van der Waals surface area contributed by atoms with Crippen LogP contribution in [0.3, 0.4) is 0 Å². The zero-order valence-corrected chi connectivity index (χ0v) is 14.1. The first-order valence-electron chi connectivity index (χ1n) is 8.78. The molecule has 1 aromatic rings. The Morgan fingerprint density at radius 3 is 2.48 bits per heavy atom. The van der Waals surface area contributed by atoms with Gasteiger partial charge in [0.15, 0.2) is 0 Å². The average Bonchev–Trinajstić information content (AvgIpc) is 3.11. The second kappa shape index (κ2) is 7.49. The van der Waals surface area contributed by atoms with Gasteiger partial charge in [0.1, 0.15) is 11.9 Å². The molecule has 2 unspecified atom stereocenters. The normalized spacial score (nSPS) is 25.5. The zero-order chi connectivity index (χ0) is 17.9. The molecule has 0 bridgehead atoms. The van der Waals surface area contributed by atoms with Gasteiger partial charge in [0.2, 0.25) is 5.91 Å². The fourth-order valence-corrected chi connectivity index (χ4v) is 3.72. The van der Waals surface area contributed by atoms with Gasteiger partial charge < -0.3 is 10.4 Å². The van der Waals surface area contributed by atoms with Crippen molar-refractivity contribution in [1.29, 1.82) is 0 Å². The number of benzene rings is 1. The van der Waals surface area contributed by atoms with Gasteiger partial charge in [-0.2, -0.15) is 0 Å². The molecule has 1 heterocycles. The summed E-state index contributed by atoms with van der Waals surface area (Å²) < 4.78 is 13.0. The highest BCUT2D eigenvalue weighted by molar-refractivity contribution is 5.83. The van der Waals surface area contributed by atoms with Gasteiger partial charge >= 0.3 is 5.97 Å². The molecule has 1 saturated heterocycles. The van der Waals surface area contributed by atoms with Gasteiger partial charge in [0.25, 0.3) is 0 Å². The van der Waals surface area contributed by atoms with Crippen LogP contribution in [0.1, 0.15) is 50.1 Å². The second-order valence-electron chi connectivity index (χ2n) is 7.05. The first-order valence-corrected chi connectivity index (χ1v) is 8.78. The van der Waals surface area contributed by atoms with Gasteiger partial charge in [-0.1, -0.05) is 31.4 Å². The Bertz CT molecular complexity index is 629. The molecule has 4 N–H and O–H groups in total. The molecule has 136 valence electrons.